The van der Waals surface area contributed by atoms with Crippen LogP contribution in [-0.2, 0) is 43.4 Å². The monoisotopic (exact) mass is 803 g/mol. The summed E-state index contributed by atoms with van der Waals surface area (Å²) in [6.07, 6.45) is 0.981. The largest absolute Gasteiger partial charge is 0.461 e. The van der Waals surface area contributed by atoms with Gasteiger partial charge in [0.05, 0.1) is 4.92 Å². The normalized spacial score (nSPS) is 11.9. The van der Waals surface area contributed by atoms with Crippen LogP contribution in [0.15, 0.2) is 109 Å². The maximum Gasteiger partial charge on any atom is 0.425 e. The molecule has 1 atom stereocenters. The van der Waals surface area contributed by atoms with E-state index >= 15 is 0 Å². The standard InChI is InChI=1S/C45H49N5O9/c1-44(2,3)58-42(53)49(43(54)59-45(4,5)6)40-37-23-22-35(27-34(37)24-25-46-40)48-39(41(52)47-28-32-15-10-16-36(26-32)50(55)56)33-20-18-30(19-21-33)14-11-17-38(51)57-29-31-12-8-7-9-13-31/h7-10,12-13,15-16,18-27,39,48H,11,14,17,28-29H2,1-6H3,(H,47,52). The van der Waals surface area contributed by atoms with Gasteiger partial charge < -0.3 is 24.8 Å². The van der Waals surface area contributed by atoms with Gasteiger partial charge in [-0.3, -0.25) is 19.7 Å². The average molecular weight is 804 g/mol. The number of esters is 1. The number of imide groups is 1. The van der Waals surface area contributed by atoms with Gasteiger partial charge in [-0.05, 0) is 106 Å². The number of hydrogen-bond donors (Lipinski definition) is 2. The van der Waals surface area contributed by atoms with Crippen molar-refractivity contribution in [2.45, 2.75) is 91.2 Å². The third-order valence-electron chi connectivity index (χ3n) is 8.67. The van der Waals surface area contributed by atoms with E-state index in [-0.39, 0.29) is 37.0 Å². The number of benzene rings is 4. The van der Waals surface area contributed by atoms with Gasteiger partial charge >= 0.3 is 18.2 Å². The number of nitro groups is 1. The number of hydrogen-bond acceptors (Lipinski definition) is 11. The van der Waals surface area contributed by atoms with E-state index in [1.165, 1.54) is 18.3 Å². The smallest absolute Gasteiger partial charge is 0.425 e. The van der Waals surface area contributed by atoms with E-state index in [2.05, 4.69) is 15.6 Å². The number of anilines is 2. The van der Waals surface area contributed by atoms with Crippen molar-refractivity contribution in [1.82, 2.24) is 10.3 Å². The summed E-state index contributed by atoms with van der Waals surface area (Å²) in [4.78, 5) is 69.2. The number of aryl methyl sites for hydroxylation is 1. The molecular weight excluding hydrogens is 755 g/mol. The number of nitrogens with one attached hydrogen (secondary N) is 2. The second kappa shape index (κ2) is 19.1. The number of non-ortho nitro benzene ring substituents is 1. The highest BCUT2D eigenvalue weighted by Crippen LogP contribution is 2.31. The molecule has 1 unspecified atom stereocenters. The molecule has 14 heteroatoms. The Labute approximate surface area is 343 Å². The van der Waals surface area contributed by atoms with Crippen LogP contribution in [0.25, 0.3) is 10.8 Å². The van der Waals surface area contributed by atoms with Gasteiger partial charge in [0.1, 0.15) is 23.9 Å². The summed E-state index contributed by atoms with van der Waals surface area (Å²) in [5, 5.41) is 18.6. The third-order valence-corrected chi connectivity index (χ3v) is 8.67. The number of fused-ring (bicyclic) bond motifs is 1. The number of pyridine rings is 1. The highest BCUT2D eigenvalue weighted by atomic mass is 16.6. The fourth-order valence-electron chi connectivity index (χ4n) is 5.95. The predicted octanol–water partition coefficient (Wildman–Crippen LogP) is 9.36. The van der Waals surface area contributed by atoms with Crippen LogP contribution >= 0.6 is 0 Å². The van der Waals surface area contributed by atoms with Gasteiger partial charge in [-0.1, -0.05) is 66.7 Å². The quantitative estimate of drug-likeness (QED) is 0.0473. The van der Waals surface area contributed by atoms with Crippen LogP contribution in [-0.4, -0.2) is 45.2 Å². The lowest BCUT2D eigenvalue weighted by molar-refractivity contribution is -0.384. The highest BCUT2D eigenvalue weighted by Gasteiger charge is 2.34. The summed E-state index contributed by atoms with van der Waals surface area (Å²) < 4.78 is 16.5. The first-order valence-corrected chi connectivity index (χ1v) is 19.2. The molecule has 0 aliphatic rings. The number of nitro benzene ring substituents is 1. The van der Waals surface area contributed by atoms with Gasteiger partial charge in [0.25, 0.3) is 5.69 Å². The molecule has 5 aromatic rings. The second-order valence-electron chi connectivity index (χ2n) is 15.8. The first-order valence-electron chi connectivity index (χ1n) is 19.2. The Bertz CT molecular complexity index is 2260. The molecule has 308 valence electrons. The fourth-order valence-corrected chi connectivity index (χ4v) is 5.95. The van der Waals surface area contributed by atoms with Gasteiger partial charge in [-0.25, -0.2) is 14.6 Å². The molecule has 4 aromatic carbocycles. The van der Waals surface area contributed by atoms with E-state index in [0.717, 1.165) is 16.0 Å². The second-order valence-corrected chi connectivity index (χ2v) is 15.8. The molecule has 14 nitrogen and oxygen atoms in total. The molecule has 0 saturated heterocycles. The fraction of sp³-hybridized carbons (Fsp3) is 0.311. The van der Waals surface area contributed by atoms with E-state index in [1.807, 2.05) is 54.6 Å². The number of carbonyl (C=O) groups excluding carboxylic acids is 4. The van der Waals surface area contributed by atoms with E-state index in [1.54, 1.807) is 77.9 Å². The van der Waals surface area contributed by atoms with E-state index in [4.69, 9.17) is 14.2 Å². The minimum atomic E-state index is -0.958. The Morgan fingerprint density at radius 2 is 1.44 bits per heavy atom. The van der Waals surface area contributed by atoms with Crippen LogP contribution in [0, 0.1) is 10.1 Å². The molecule has 59 heavy (non-hydrogen) atoms. The maximum absolute atomic E-state index is 13.9. The van der Waals surface area contributed by atoms with Gasteiger partial charge in [0, 0.05) is 42.4 Å². The molecule has 3 amide bonds. The molecule has 0 radical (unpaired) electrons. The number of amides is 3. The summed E-state index contributed by atoms with van der Waals surface area (Å²) in [6.45, 7) is 10.4. The Kier molecular flexibility index (Phi) is 14.0. The molecule has 5 rings (SSSR count). The summed E-state index contributed by atoms with van der Waals surface area (Å²) in [5.74, 6) is -0.679. The number of aromatic nitrogens is 1. The lowest BCUT2D eigenvalue weighted by atomic mass is 10.0. The van der Waals surface area contributed by atoms with Crippen LogP contribution in [0.5, 0.6) is 0 Å². The molecule has 0 saturated carbocycles. The van der Waals surface area contributed by atoms with Crippen molar-refractivity contribution in [3.8, 4) is 0 Å². The lowest BCUT2D eigenvalue weighted by Gasteiger charge is -2.28. The first kappa shape index (κ1) is 43.3. The van der Waals surface area contributed by atoms with Crippen LogP contribution in [0.3, 0.4) is 0 Å². The summed E-state index contributed by atoms with van der Waals surface area (Å²) in [6, 6.07) is 28.9. The summed E-state index contributed by atoms with van der Waals surface area (Å²) in [5.41, 5.74) is 1.67. The molecule has 0 spiro atoms. The van der Waals surface area contributed by atoms with Crippen molar-refractivity contribution in [3.05, 3.63) is 142 Å². The number of rotatable bonds is 14. The van der Waals surface area contributed by atoms with Crippen molar-refractivity contribution in [3.63, 3.8) is 0 Å². The zero-order valence-corrected chi connectivity index (χ0v) is 34.0. The average Bonchev–Trinajstić information content (AvgIpc) is 3.18. The zero-order chi connectivity index (χ0) is 42.7. The third kappa shape index (κ3) is 12.8. The number of nitrogens with zero attached hydrogens (tertiary/aromatic N) is 3. The molecule has 1 aromatic heterocycles. The van der Waals surface area contributed by atoms with Crippen LogP contribution in [0.1, 0.15) is 82.7 Å². The van der Waals surface area contributed by atoms with Crippen LogP contribution in [0.2, 0.25) is 0 Å². The first-order chi connectivity index (χ1) is 28.0. The molecule has 0 aliphatic carbocycles. The predicted molar refractivity (Wildman–Crippen MR) is 224 cm³/mol. The van der Waals surface area contributed by atoms with Crippen molar-refractivity contribution < 1.29 is 38.3 Å². The minimum Gasteiger partial charge on any atom is -0.461 e. The Morgan fingerprint density at radius 1 is 0.780 bits per heavy atom. The number of carbonyl (C=O) groups is 4. The highest BCUT2D eigenvalue weighted by molar-refractivity contribution is 6.14. The zero-order valence-electron chi connectivity index (χ0n) is 34.0. The molecular formula is C45H49N5O9. The molecule has 2 N–H and O–H groups in total. The van der Waals surface area contributed by atoms with Crippen LogP contribution in [0.4, 0.5) is 26.8 Å². The Morgan fingerprint density at radius 3 is 2.08 bits per heavy atom. The van der Waals surface area contributed by atoms with E-state index in [0.29, 0.717) is 40.4 Å². The molecule has 0 aliphatic heterocycles. The van der Waals surface area contributed by atoms with Crippen LogP contribution < -0.4 is 15.5 Å². The summed E-state index contributed by atoms with van der Waals surface area (Å²) >= 11 is 0. The van der Waals surface area contributed by atoms with E-state index in [9.17, 15) is 29.3 Å². The van der Waals surface area contributed by atoms with Gasteiger partial charge in [-0.2, -0.15) is 4.90 Å². The molecule has 0 bridgehead atoms. The Hall–Kier alpha value is -6.83. The Balaban J connectivity index is 1.37. The van der Waals surface area contributed by atoms with Crippen molar-refractivity contribution in [1.29, 1.82) is 0 Å². The van der Waals surface area contributed by atoms with E-state index < -0.39 is 40.3 Å². The van der Waals surface area contributed by atoms with Crippen molar-refractivity contribution in [2.75, 3.05) is 10.2 Å². The van der Waals surface area contributed by atoms with Gasteiger partial charge in [0.2, 0.25) is 5.91 Å². The molecule has 0 fully saturated rings. The SMILES string of the molecule is CC(C)(C)OC(=O)N(C(=O)OC(C)(C)C)c1nccc2cc(NC(C(=O)NCc3cccc([N+](=O)[O-])c3)c3ccc(CCCC(=O)OCc4ccccc4)cc3)ccc12. The summed E-state index contributed by atoms with van der Waals surface area (Å²) in [7, 11) is 0. The minimum absolute atomic E-state index is 0.00356. The van der Waals surface area contributed by atoms with Crippen molar-refractivity contribution in [2.24, 2.45) is 0 Å². The lowest BCUT2D eigenvalue weighted by Crippen LogP contribution is -2.44. The molecule has 1 heterocycles. The topological polar surface area (TPSA) is 179 Å². The van der Waals surface area contributed by atoms with Gasteiger partial charge in [-0.15, -0.1) is 0 Å². The van der Waals surface area contributed by atoms with Crippen molar-refractivity contribution >= 4 is 52.0 Å². The van der Waals surface area contributed by atoms with Gasteiger partial charge in [0.15, 0.2) is 5.82 Å². The maximum atomic E-state index is 13.9. The number of ether oxygens (including phenoxy) is 3.